The molecular weight excluding hydrogens is 562 g/mol. The largest absolute Gasteiger partial charge is 0.368 e. The van der Waals surface area contributed by atoms with Gasteiger partial charge in [-0.25, -0.2) is 4.98 Å². The van der Waals surface area contributed by atoms with E-state index in [1.54, 1.807) is 21.6 Å². The first-order chi connectivity index (χ1) is 19.4. The molecule has 4 aromatic rings. The highest BCUT2D eigenvalue weighted by atomic mass is 35.5. The van der Waals surface area contributed by atoms with Crippen LogP contribution < -0.4 is 15.4 Å². The molecule has 2 aromatic heterocycles. The molecule has 0 radical (unpaired) electrons. The molecule has 4 heterocycles. The first-order valence-corrected chi connectivity index (χ1v) is 14.6. The number of aryl methyl sites for hydroxylation is 1. The summed E-state index contributed by atoms with van der Waals surface area (Å²) in [4.78, 5) is 38.7. The van der Waals surface area contributed by atoms with Crippen molar-refractivity contribution in [1.29, 1.82) is 0 Å². The Hall–Kier alpha value is -3.66. The number of aromatic nitrogens is 2. The third-order valence-electron chi connectivity index (χ3n) is 7.15. The summed E-state index contributed by atoms with van der Waals surface area (Å²) < 4.78 is 2.03. The minimum atomic E-state index is -0.214. The average Bonchev–Trinajstić information content (AvgIpc) is 3.23. The van der Waals surface area contributed by atoms with E-state index in [1.807, 2.05) is 67.6 Å². The molecule has 0 aliphatic carbocycles. The standard InChI is InChI=1S/C30H26ClN5O2S2/c1-20-7-6-12-35-26(20)32-27(34-15-13-33(14-16-34)23-11-5-10-22(31)17-23)24(28(35)37)18-25-29(38)36(30(39)40-25)19-21-8-3-2-4-9-21/h2-12,17-18H,13-16,19H2,1H3/b25-18-. The second kappa shape index (κ2) is 11.1. The van der Waals surface area contributed by atoms with E-state index in [4.69, 9.17) is 28.8 Å². The lowest BCUT2D eigenvalue weighted by atomic mass is 10.2. The topological polar surface area (TPSA) is 61.2 Å². The van der Waals surface area contributed by atoms with Gasteiger partial charge < -0.3 is 9.80 Å². The highest BCUT2D eigenvalue weighted by Crippen LogP contribution is 2.35. The van der Waals surface area contributed by atoms with Crippen LogP contribution in [-0.4, -0.2) is 50.7 Å². The summed E-state index contributed by atoms with van der Waals surface area (Å²) in [7, 11) is 0. The summed E-state index contributed by atoms with van der Waals surface area (Å²) in [6.07, 6.45) is 3.39. The Balaban J connectivity index is 1.36. The van der Waals surface area contributed by atoms with E-state index in [0.717, 1.165) is 29.9 Å². The normalized spacial score (nSPS) is 16.9. The maximum absolute atomic E-state index is 13.9. The van der Waals surface area contributed by atoms with E-state index in [0.29, 0.717) is 50.9 Å². The summed E-state index contributed by atoms with van der Waals surface area (Å²) in [5.41, 5.74) is 3.74. The number of hydrogen-bond acceptors (Lipinski definition) is 7. The lowest BCUT2D eigenvalue weighted by Crippen LogP contribution is -2.47. The fourth-order valence-corrected chi connectivity index (χ4v) is 6.47. The predicted molar refractivity (Wildman–Crippen MR) is 167 cm³/mol. The van der Waals surface area contributed by atoms with Gasteiger partial charge in [-0.05, 0) is 48.4 Å². The van der Waals surface area contributed by atoms with Crippen LogP contribution in [0.5, 0.6) is 0 Å². The number of carbonyl (C=O) groups is 1. The quantitative estimate of drug-likeness (QED) is 0.229. The maximum Gasteiger partial charge on any atom is 0.267 e. The van der Waals surface area contributed by atoms with E-state index >= 15 is 0 Å². The van der Waals surface area contributed by atoms with Crippen molar-refractivity contribution in [2.24, 2.45) is 0 Å². The number of pyridine rings is 1. The SMILES string of the molecule is Cc1cccn2c(=O)c(/C=C3\SC(=S)N(Cc4ccccc4)C3=O)c(N3CCN(c4cccc(Cl)c4)CC3)nc12. The van der Waals surface area contributed by atoms with Gasteiger partial charge in [0.25, 0.3) is 11.5 Å². The van der Waals surface area contributed by atoms with Gasteiger partial charge in [0.1, 0.15) is 15.8 Å². The van der Waals surface area contributed by atoms with Crippen molar-refractivity contribution < 1.29 is 4.79 Å². The molecule has 0 spiro atoms. The molecule has 202 valence electrons. The molecule has 2 aliphatic rings. The van der Waals surface area contributed by atoms with Gasteiger partial charge >= 0.3 is 0 Å². The summed E-state index contributed by atoms with van der Waals surface area (Å²) in [5, 5.41) is 0.700. The van der Waals surface area contributed by atoms with Crippen LogP contribution in [0, 0.1) is 6.92 Å². The lowest BCUT2D eigenvalue weighted by Gasteiger charge is -2.37. The minimum absolute atomic E-state index is 0.204. The predicted octanol–water partition coefficient (Wildman–Crippen LogP) is 5.38. The molecule has 7 nitrogen and oxygen atoms in total. The van der Waals surface area contributed by atoms with Crippen molar-refractivity contribution in [1.82, 2.24) is 14.3 Å². The second-order valence-electron chi connectivity index (χ2n) is 9.75. The second-order valence-corrected chi connectivity index (χ2v) is 11.9. The van der Waals surface area contributed by atoms with Gasteiger partial charge in [-0.2, -0.15) is 0 Å². The number of anilines is 2. The van der Waals surface area contributed by atoms with E-state index < -0.39 is 0 Å². The fraction of sp³-hybridized carbons (Fsp3) is 0.200. The number of carbonyl (C=O) groups excluding carboxylic acids is 1. The maximum atomic E-state index is 13.9. The zero-order chi connectivity index (χ0) is 27.8. The fourth-order valence-electron chi connectivity index (χ4n) is 5.05. The first-order valence-electron chi connectivity index (χ1n) is 13.0. The van der Waals surface area contributed by atoms with Gasteiger partial charge in [0.15, 0.2) is 0 Å². The van der Waals surface area contributed by atoms with E-state index in [-0.39, 0.29) is 11.5 Å². The molecule has 0 atom stereocenters. The Morgan fingerprint density at radius 2 is 1.73 bits per heavy atom. The van der Waals surface area contributed by atoms with Crippen LogP contribution in [0.3, 0.4) is 0 Å². The molecule has 0 N–H and O–H groups in total. The zero-order valence-corrected chi connectivity index (χ0v) is 24.2. The van der Waals surface area contributed by atoms with Crippen molar-refractivity contribution in [2.75, 3.05) is 36.0 Å². The number of hydrogen-bond donors (Lipinski definition) is 0. The molecule has 2 fully saturated rings. The van der Waals surface area contributed by atoms with Crippen molar-refractivity contribution in [3.63, 3.8) is 0 Å². The Morgan fingerprint density at radius 1 is 0.975 bits per heavy atom. The van der Waals surface area contributed by atoms with Crippen LogP contribution >= 0.6 is 35.6 Å². The summed E-state index contributed by atoms with van der Waals surface area (Å²) in [6, 6.07) is 21.3. The highest BCUT2D eigenvalue weighted by molar-refractivity contribution is 8.26. The van der Waals surface area contributed by atoms with Crippen LogP contribution in [0.2, 0.25) is 5.02 Å². The monoisotopic (exact) mass is 587 g/mol. The van der Waals surface area contributed by atoms with Gasteiger partial charge in [0.05, 0.1) is 17.0 Å². The van der Waals surface area contributed by atoms with Crippen LogP contribution in [0.1, 0.15) is 16.7 Å². The number of rotatable bonds is 5. The molecule has 1 amide bonds. The van der Waals surface area contributed by atoms with E-state index in [9.17, 15) is 9.59 Å². The van der Waals surface area contributed by atoms with Crippen molar-refractivity contribution in [3.05, 3.63) is 110 Å². The van der Waals surface area contributed by atoms with Gasteiger partial charge in [-0.3, -0.25) is 18.9 Å². The van der Waals surface area contributed by atoms with E-state index in [2.05, 4.69) is 15.9 Å². The number of nitrogens with zero attached hydrogens (tertiary/aromatic N) is 5. The van der Waals surface area contributed by atoms with Crippen molar-refractivity contribution in [3.8, 4) is 0 Å². The van der Waals surface area contributed by atoms with Crippen molar-refractivity contribution in [2.45, 2.75) is 13.5 Å². The van der Waals surface area contributed by atoms with Gasteiger partial charge in [-0.15, -0.1) is 0 Å². The number of thiocarbonyl (C=S) groups is 1. The number of benzene rings is 2. The molecule has 0 unspecified atom stereocenters. The van der Waals surface area contributed by atoms with Crippen molar-refractivity contribution >= 4 is 69.0 Å². The number of amides is 1. The van der Waals surface area contributed by atoms with Gasteiger partial charge in [0, 0.05) is 43.1 Å². The van der Waals surface area contributed by atoms with Crippen LogP contribution in [0.4, 0.5) is 11.5 Å². The Morgan fingerprint density at radius 3 is 2.48 bits per heavy atom. The molecular formula is C30H26ClN5O2S2. The van der Waals surface area contributed by atoms with Crippen LogP contribution in [0.15, 0.2) is 82.6 Å². The van der Waals surface area contributed by atoms with E-state index in [1.165, 1.54) is 11.8 Å². The first kappa shape index (κ1) is 26.6. The molecule has 2 aromatic carbocycles. The Kier molecular flexibility index (Phi) is 7.35. The molecule has 0 bridgehead atoms. The van der Waals surface area contributed by atoms with Gasteiger partial charge in [-0.1, -0.05) is 78.0 Å². The molecule has 2 aliphatic heterocycles. The molecule has 6 rings (SSSR count). The Labute approximate surface area is 246 Å². The Bertz CT molecular complexity index is 1710. The highest BCUT2D eigenvalue weighted by Gasteiger charge is 2.33. The number of fused-ring (bicyclic) bond motifs is 1. The summed E-state index contributed by atoms with van der Waals surface area (Å²) >= 11 is 13.0. The number of piperazine rings is 1. The number of halogens is 1. The minimum Gasteiger partial charge on any atom is -0.368 e. The van der Waals surface area contributed by atoms with Gasteiger partial charge in [0.2, 0.25) is 0 Å². The summed E-state index contributed by atoms with van der Waals surface area (Å²) in [6.45, 7) is 5.14. The molecule has 2 saturated heterocycles. The lowest BCUT2D eigenvalue weighted by molar-refractivity contribution is -0.122. The smallest absolute Gasteiger partial charge is 0.267 e. The average molecular weight is 588 g/mol. The van der Waals surface area contributed by atoms with Crippen LogP contribution in [-0.2, 0) is 11.3 Å². The third-order valence-corrected chi connectivity index (χ3v) is 8.76. The molecule has 40 heavy (non-hydrogen) atoms. The summed E-state index contributed by atoms with van der Waals surface area (Å²) in [5.74, 6) is 0.377. The number of thioether (sulfide) groups is 1. The van der Waals surface area contributed by atoms with Crippen LogP contribution in [0.25, 0.3) is 11.7 Å². The third kappa shape index (κ3) is 5.12. The zero-order valence-electron chi connectivity index (χ0n) is 21.8. The molecule has 0 saturated carbocycles. The molecule has 10 heteroatoms.